The molecule has 0 bridgehead atoms. The zero-order valence-corrected chi connectivity index (χ0v) is 11.1. The quantitative estimate of drug-likeness (QED) is 0.872. The van der Waals surface area contributed by atoms with Crippen molar-refractivity contribution in [3.05, 3.63) is 29.3 Å². The molecule has 0 saturated heterocycles. The molecule has 2 heterocycles. The number of aliphatic hydroxyl groups excluding tert-OH is 1. The van der Waals surface area contributed by atoms with Crippen LogP contribution in [0.4, 0.5) is 0 Å². The lowest BCUT2D eigenvalue weighted by molar-refractivity contribution is 0.194. The minimum atomic E-state index is -0.801. The van der Waals surface area contributed by atoms with Gasteiger partial charge in [-0.3, -0.25) is 9.36 Å². The molecule has 0 aromatic carbocycles. The van der Waals surface area contributed by atoms with E-state index in [1.165, 1.54) is 0 Å². The van der Waals surface area contributed by atoms with E-state index in [9.17, 15) is 5.11 Å². The summed E-state index contributed by atoms with van der Waals surface area (Å²) in [5.74, 6) is 0.573. The molecular formula is C12H18N4O2. The fraction of sp³-hybridized carbons (Fsp3) is 0.500. The van der Waals surface area contributed by atoms with Gasteiger partial charge in [-0.2, -0.15) is 10.2 Å². The van der Waals surface area contributed by atoms with Crippen LogP contribution in [0.1, 0.15) is 30.1 Å². The summed E-state index contributed by atoms with van der Waals surface area (Å²) in [7, 11) is 5.16. The molecule has 1 unspecified atom stereocenters. The Balaban J connectivity index is 2.43. The molecule has 0 fully saturated rings. The molecule has 18 heavy (non-hydrogen) atoms. The number of aryl methyl sites for hydroxylation is 3. The van der Waals surface area contributed by atoms with E-state index in [2.05, 4.69) is 10.2 Å². The largest absolute Gasteiger partial charge is 0.493 e. The average molecular weight is 250 g/mol. The van der Waals surface area contributed by atoms with E-state index in [-0.39, 0.29) is 0 Å². The fourth-order valence-corrected chi connectivity index (χ4v) is 2.01. The second-order valence-electron chi connectivity index (χ2n) is 4.16. The smallest absolute Gasteiger partial charge is 0.163 e. The Hall–Kier alpha value is -1.82. The molecule has 0 aliphatic carbocycles. The Labute approximate surface area is 106 Å². The van der Waals surface area contributed by atoms with Gasteiger partial charge >= 0.3 is 0 Å². The number of hydrogen-bond acceptors (Lipinski definition) is 4. The van der Waals surface area contributed by atoms with Gasteiger partial charge in [0, 0.05) is 14.1 Å². The van der Waals surface area contributed by atoms with E-state index in [1.54, 1.807) is 29.7 Å². The van der Waals surface area contributed by atoms with Crippen LogP contribution < -0.4 is 4.74 Å². The summed E-state index contributed by atoms with van der Waals surface area (Å²) in [4.78, 5) is 0. The molecule has 2 rings (SSSR count). The minimum absolute atomic E-state index is 0.573. The average Bonchev–Trinajstić information content (AvgIpc) is 2.91. The van der Waals surface area contributed by atoms with Crippen molar-refractivity contribution in [1.82, 2.24) is 19.6 Å². The monoisotopic (exact) mass is 250 g/mol. The molecule has 6 heteroatoms. The van der Waals surface area contributed by atoms with Crippen molar-refractivity contribution in [3.63, 3.8) is 0 Å². The zero-order valence-electron chi connectivity index (χ0n) is 11.1. The fourth-order valence-electron chi connectivity index (χ4n) is 2.01. The van der Waals surface area contributed by atoms with Crippen molar-refractivity contribution < 1.29 is 9.84 Å². The third-order valence-electron chi connectivity index (χ3n) is 3.04. The lowest BCUT2D eigenvalue weighted by Gasteiger charge is -2.13. The summed E-state index contributed by atoms with van der Waals surface area (Å²) in [6.45, 7) is 2.03. The highest BCUT2D eigenvalue weighted by Gasteiger charge is 2.23. The van der Waals surface area contributed by atoms with Crippen molar-refractivity contribution in [3.8, 4) is 5.75 Å². The summed E-state index contributed by atoms with van der Waals surface area (Å²) in [5.41, 5.74) is 2.31. The van der Waals surface area contributed by atoms with Crippen LogP contribution in [0.5, 0.6) is 5.75 Å². The van der Waals surface area contributed by atoms with Crippen LogP contribution in [-0.2, 0) is 20.5 Å². The van der Waals surface area contributed by atoms with Crippen LogP contribution in [-0.4, -0.2) is 31.8 Å². The molecule has 98 valence electrons. The first kappa shape index (κ1) is 12.6. The maximum absolute atomic E-state index is 10.5. The highest BCUT2D eigenvalue weighted by molar-refractivity contribution is 5.32. The Bertz CT molecular complexity index is 544. The normalized spacial score (nSPS) is 12.7. The molecule has 0 aliphatic heterocycles. The number of ether oxygens (including phenoxy) is 1. The second kappa shape index (κ2) is 4.81. The van der Waals surface area contributed by atoms with E-state index < -0.39 is 6.10 Å². The van der Waals surface area contributed by atoms with E-state index in [1.807, 2.05) is 20.0 Å². The van der Waals surface area contributed by atoms with Crippen molar-refractivity contribution in [2.75, 3.05) is 7.11 Å². The first-order valence-corrected chi connectivity index (χ1v) is 5.85. The highest BCUT2D eigenvalue weighted by Crippen LogP contribution is 2.29. The van der Waals surface area contributed by atoms with E-state index in [0.29, 0.717) is 11.4 Å². The molecule has 0 amide bonds. The number of methoxy groups -OCH3 is 1. The molecule has 0 saturated carbocycles. The number of aromatic nitrogens is 4. The van der Waals surface area contributed by atoms with Crippen molar-refractivity contribution >= 4 is 0 Å². The summed E-state index contributed by atoms with van der Waals surface area (Å²) in [5, 5.41) is 18.9. The van der Waals surface area contributed by atoms with Gasteiger partial charge in [-0.15, -0.1) is 0 Å². The van der Waals surface area contributed by atoms with E-state index in [4.69, 9.17) is 4.74 Å². The molecule has 0 spiro atoms. The van der Waals surface area contributed by atoms with Crippen molar-refractivity contribution in [2.45, 2.75) is 19.4 Å². The topological polar surface area (TPSA) is 65.1 Å². The predicted octanol–water partition coefficient (Wildman–Crippen LogP) is 0.806. The van der Waals surface area contributed by atoms with E-state index >= 15 is 0 Å². The summed E-state index contributed by atoms with van der Waals surface area (Å²) in [6, 6.07) is 1.90. The number of aliphatic hydroxyl groups is 1. The molecule has 2 aromatic heterocycles. The number of nitrogens with zero attached hydrogens (tertiary/aromatic N) is 4. The lowest BCUT2D eigenvalue weighted by atomic mass is 10.1. The summed E-state index contributed by atoms with van der Waals surface area (Å²) < 4.78 is 8.51. The third-order valence-corrected chi connectivity index (χ3v) is 3.04. The highest BCUT2D eigenvalue weighted by atomic mass is 16.5. The molecule has 0 aliphatic rings. The van der Waals surface area contributed by atoms with Crippen LogP contribution in [0.25, 0.3) is 0 Å². The van der Waals surface area contributed by atoms with Crippen LogP contribution >= 0.6 is 0 Å². The summed E-state index contributed by atoms with van der Waals surface area (Å²) >= 11 is 0. The van der Waals surface area contributed by atoms with Crippen LogP contribution in [0.15, 0.2) is 12.3 Å². The standard InChI is InChI=1S/C12H18N4O2/c1-5-8-6-9(15(2)14-8)12(17)11-10(18-4)7-13-16(11)3/h6-7,12,17H,5H2,1-4H3. The van der Waals surface area contributed by atoms with E-state index in [0.717, 1.165) is 17.8 Å². The molecule has 1 atom stereocenters. The van der Waals surface area contributed by atoms with Gasteiger partial charge in [-0.05, 0) is 12.5 Å². The first-order valence-electron chi connectivity index (χ1n) is 5.85. The van der Waals surface area contributed by atoms with Gasteiger partial charge in [0.1, 0.15) is 11.8 Å². The van der Waals surface area contributed by atoms with Crippen molar-refractivity contribution in [2.24, 2.45) is 14.1 Å². The first-order chi connectivity index (χ1) is 8.58. The zero-order chi connectivity index (χ0) is 13.3. The Morgan fingerprint density at radius 1 is 1.39 bits per heavy atom. The number of hydrogen-bond donors (Lipinski definition) is 1. The van der Waals surface area contributed by atoms with Gasteiger partial charge in [0.05, 0.1) is 24.7 Å². The number of rotatable bonds is 4. The lowest BCUT2D eigenvalue weighted by Crippen LogP contribution is -2.11. The third kappa shape index (κ3) is 1.99. The maximum Gasteiger partial charge on any atom is 0.163 e. The minimum Gasteiger partial charge on any atom is -0.493 e. The Morgan fingerprint density at radius 2 is 2.11 bits per heavy atom. The van der Waals surface area contributed by atoms with Gasteiger partial charge < -0.3 is 9.84 Å². The van der Waals surface area contributed by atoms with Crippen LogP contribution in [0, 0.1) is 0 Å². The van der Waals surface area contributed by atoms with Gasteiger partial charge in [-0.25, -0.2) is 0 Å². The SMILES string of the molecule is CCc1cc(C(O)c2c(OC)cnn2C)n(C)n1. The van der Waals surface area contributed by atoms with Crippen LogP contribution in [0.3, 0.4) is 0 Å². The van der Waals surface area contributed by atoms with Crippen LogP contribution in [0.2, 0.25) is 0 Å². The molecule has 6 nitrogen and oxygen atoms in total. The predicted molar refractivity (Wildman–Crippen MR) is 66.4 cm³/mol. The molecule has 2 aromatic rings. The summed E-state index contributed by atoms with van der Waals surface area (Å²) in [6.07, 6.45) is 1.63. The molecule has 0 radical (unpaired) electrons. The Kier molecular flexibility index (Phi) is 3.38. The Morgan fingerprint density at radius 3 is 2.67 bits per heavy atom. The second-order valence-corrected chi connectivity index (χ2v) is 4.16. The van der Waals surface area contributed by atoms with Gasteiger partial charge in [0.25, 0.3) is 0 Å². The molecule has 1 N–H and O–H groups in total. The van der Waals surface area contributed by atoms with Gasteiger partial charge in [0.15, 0.2) is 5.75 Å². The van der Waals surface area contributed by atoms with Gasteiger partial charge in [-0.1, -0.05) is 6.92 Å². The van der Waals surface area contributed by atoms with Gasteiger partial charge in [0.2, 0.25) is 0 Å². The maximum atomic E-state index is 10.5. The van der Waals surface area contributed by atoms with Crippen molar-refractivity contribution in [1.29, 1.82) is 0 Å². The molecular weight excluding hydrogens is 232 g/mol.